The van der Waals surface area contributed by atoms with E-state index in [1.54, 1.807) is 12.2 Å². The van der Waals surface area contributed by atoms with Crippen LogP contribution in [-0.2, 0) is 9.59 Å². The van der Waals surface area contributed by atoms with Gasteiger partial charge in [0.2, 0.25) is 11.8 Å². The summed E-state index contributed by atoms with van der Waals surface area (Å²) in [6.45, 7) is 24.0. The molecule has 2 aliphatic rings. The molecule has 2 rings (SSSR count). The lowest BCUT2D eigenvalue weighted by Gasteiger charge is -2.55. The Morgan fingerprint density at radius 1 is 0.632 bits per heavy atom. The Balaban J connectivity index is 2.27. The van der Waals surface area contributed by atoms with Crippen LogP contribution in [-0.4, -0.2) is 92.8 Å². The summed E-state index contributed by atoms with van der Waals surface area (Å²) in [4.78, 5) is 36.4. The van der Waals surface area contributed by atoms with E-state index < -0.39 is 0 Å². The summed E-state index contributed by atoms with van der Waals surface area (Å²) < 4.78 is 0. The minimum atomic E-state index is -0.0209. The first-order chi connectivity index (χ1) is 17.4. The first-order valence-corrected chi connectivity index (χ1v) is 15.2. The van der Waals surface area contributed by atoms with Gasteiger partial charge < -0.3 is 9.80 Å². The minimum absolute atomic E-state index is 0.00138. The smallest absolute Gasteiger partial charge is 0.247 e. The zero-order valence-electron chi connectivity index (χ0n) is 27.0. The number of unbranched alkanes of at least 4 members (excludes halogenated alkanes) is 2. The summed E-state index contributed by atoms with van der Waals surface area (Å²) in [6, 6.07) is 0.336. The largest absolute Gasteiger partial charge is 0.336 e. The number of likely N-dealkylation sites (tertiary alicyclic amines) is 2. The summed E-state index contributed by atoms with van der Waals surface area (Å²) in [5.41, 5.74) is 0.00554. The Morgan fingerprint density at radius 2 is 0.895 bits per heavy atom. The molecular weight excluding hydrogens is 472 g/mol. The third-order valence-corrected chi connectivity index (χ3v) is 9.89. The van der Waals surface area contributed by atoms with Gasteiger partial charge in [-0.25, -0.2) is 0 Å². The van der Waals surface area contributed by atoms with Crippen LogP contribution in [0.3, 0.4) is 0 Å². The average molecular weight is 533 g/mol. The lowest BCUT2D eigenvalue weighted by atomic mass is 9.76. The lowest BCUT2D eigenvalue weighted by molar-refractivity contribution is -0.135. The fraction of sp³-hybridized carbons (Fsp3) is 0.875. The van der Waals surface area contributed by atoms with Crippen molar-refractivity contribution in [2.75, 3.05) is 27.2 Å². The van der Waals surface area contributed by atoms with E-state index in [0.29, 0.717) is 0 Å². The van der Waals surface area contributed by atoms with Crippen molar-refractivity contribution in [3.05, 3.63) is 12.2 Å². The Bertz CT molecular complexity index is 740. The molecule has 0 unspecified atom stereocenters. The second-order valence-corrected chi connectivity index (χ2v) is 14.6. The van der Waals surface area contributed by atoms with Gasteiger partial charge in [-0.2, -0.15) is 0 Å². The number of piperidine rings is 2. The molecule has 6 heteroatoms. The summed E-state index contributed by atoms with van der Waals surface area (Å²) >= 11 is 0. The summed E-state index contributed by atoms with van der Waals surface area (Å²) in [5, 5.41) is 0. The standard InChI is InChI=1S/C32H60N4O2/c1-13-15-19-35(25-21-29(3,4)33(11)30(5,6)22-25)27(37)17-18-28(38)36(20-16-14-2)26-23-31(7,8)34(12)32(9,10)24-26/h17-18,25-26H,13-16,19-24H2,1-12H3. The Labute approximate surface area is 235 Å². The molecule has 2 aliphatic heterocycles. The van der Waals surface area contributed by atoms with E-state index in [2.05, 4.69) is 103 Å². The van der Waals surface area contributed by atoms with E-state index in [0.717, 1.165) is 64.5 Å². The topological polar surface area (TPSA) is 47.1 Å². The van der Waals surface area contributed by atoms with Crippen LogP contribution in [0.15, 0.2) is 12.2 Å². The van der Waals surface area contributed by atoms with Gasteiger partial charge in [-0.05, 0) is 108 Å². The molecule has 2 fully saturated rings. The second-order valence-electron chi connectivity index (χ2n) is 14.6. The SMILES string of the molecule is CCCCN(C(=O)C=CC(=O)N(CCCC)C1CC(C)(C)N(C)C(C)(C)C1)C1CC(C)(C)N(C)C(C)(C)C1. The van der Waals surface area contributed by atoms with Gasteiger partial charge in [0.05, 0.1) is 0 Å². The minimum Gasteiger partial charge on any atom is -0.336 e. The maximum Gasteiger partial charge on any atom is 0.247 e. The highest BCUT2D eigenvalue weighted by atomic mass is 16.2. The van der Waals surface area contributed by atoms with Gasteiger partial charge in [0.15, 0.2) is 0 Å². The van der Waals surface area contributed by atoms with Gasteiger partial charge in [0.25, 0.3) is 0 Å². The molecule has 2 saturated heterocycles. The number of nitrogens with zero attached hydrogens (tertiary/aromatic N) is 4. The molecule has 0 aromatic carbocycles. The molecule has 2 heterocycles. The number of hydrogen-bond acceptors (Lipinski definition) is 4. The number of carbonyl (C=O) groups excluding carboxylic acids is 2. The molecule has 2 amide bonds. The fourth-order valence-electron chi connectivity index (χ4n) is 7.01. The van der Waals surface area contributed by atoms with Crippen molar-refractivity contribution >= 4 is 11.8 Å². The van der Waals surface area contributed by atoms with Crippen LogP contribution < -0.4 is 0 Å². The Morgan fingerprint density at radius 3 is 1.13 bits per heavy atom. The van der Waals surface area contributed by atoms with Gasteiger partial charge in [0, 0.05) is 59.5 Å². The van der Waals surface area contributed by atoms with Crippen LogP contribution in [0.1, 0.15) is 121 Å². The molecule has 220 valence electrons. The molecule has 38 heavy (non-hydrogen) atoms. The van der Waals surface area contributed by atoms with Crippen LogP contribution >= 0.6 is 0 Å². The van der Waals surface area contributed by atoms with E-state index in [1.807, 2.05) is 0 Å². The summed E-state index contributed by atoms with van der Waals surface area (Å²) in [5.74, 6) is -0.0418. The quantitative estimate of drug-likeness (QED) is 0.319. The van der Waals surface area contributed by atoms with Crippen molar-refractivity contribution in [1.29, 1.82) is 0 Å². The van der Waals surface area contributed by atoms with Crippen molar-refractivity contribution in [3.63, 3.8) is 0 Å². The van der Waals surface area contributed by atoms with Crippen molar-refractivity contribution in [3.8, 4) is 0 Å². The molecule has 0 aromatic heterocycles. The monoisotopic (exact) mass is 532 g/mol. The normalized spacial score (nSPS) is 24.0. The van der Waals surface area contributed by atoms with E-state index >= 15 is 0 Å². The highest BCUT2D eigenvalue weighted by molar-refractivity contribution is 5.97. The lowest BCUT2D eigenvalue weighted by Crippen LogP contribution is -2.63. The highest BCUT2D eigenvalue weighted by Gasteiger charge is 2.46. The van der Waals surface area contributed by atoms with Gasteiger partial charge >= 0.3 is 0 Å². The van der Waals surface area contributed by atoms with E-state index in [4.69, 9.17) is 0 Å². The molecule has 0 saturated carbocycles. The van der Waals surface area contributed by atoms with Gasteiger partial charge in [-0.15, -0.1) is 0 Å². The molecule has 0 aromatic rings. The molecular formula is C32H60N4O2. The van der Waals surface area contributed by atoms with Crippen molar-refractivity contribution in [2.45, 2.75) is 155 Å². The van der Waals surface area contributed by atoms with Gasteiger partial charge in [-0.1, -0.05) is 26.7 Å². The maximum atomic E-state index is 13.7. The maximum absolute atomic E-state index is 13.7. The number of hydrogen-bond donors (Lipinski definition) is 0. The first-order valence-electron chi connectivity index (χ1n) is 15.2. The van der Waals surface area contributed by atoms with Crippen LogP contribution in [0.5, 0.6) is 0 Å². The summed E-state index contributed by atoms with van der Waals surface area (Å²) in [6.07, 6.45) is 10.9. The first kappa shape index (κ1) is 32.8. The summed E-state index contributed by atoms with van der Waals surface area (Å²) in [7, 11) is 4.40. The van der Waals surface area contributed by atoms with Gasteiger partial charge in [-0.3, -0.25) is 19.4 Å². The fourth-order valence-corrected chi connectivity index (χ4v) is 7.01. The van der Waals surface area contributed by atoms with Crippen LogP contribution in [0.2, 0.25) is 0 Å². The third-order valence-electron chi connectivity index (χ3n) is 9.89. The van der Waals surface area contributed by atoms with E-state index in [9.17, 15) is 9.59 Å². The molecule has 0 bridgehead atoms. The zero-order chi connectivity index (χ0) is 29.1. The number of amides is 2. The van der Waals surface area contributed by atoms with Crippen molar-refractivity contribution in [2.24, 2.45) is 0 Å². The molecule has 0 spiro atoms. The average Bonchev–Trinajstić information content (AvgIpc) is 2.79. The number of carbonyl (C=O) groups is 2. The van der Waals surface area contributed by atoms with Crippen molar-refractivity contribution in [1.82, 2.24) is 19.6 Å². The predicted molar refractivity (Wildman–Crippen MR) is 160 cm³/mol. The second kappa shape index (κ2) is 12.4. The van der Waals surface area contributed by atoms with Crippen LogP contribution in [0.25, 0.3) is 0 Å². The van der Waals surface area contributed by atoms with E-state index in [-0.39, 0.29) is 46.1 Å². The number of rotatable bonds is 10. The molecule has 0 N–H and O–H groups in total. The van der Waals surface area contributed by atoms with Gasteiger partial charge in [0.1, 0.15) is 0 Å². The predicted octanol–water partition coefficient (Wildman–Crippen LogP) is 6.10. The molecule has 0 aliphatic carbocycles. The van der Waals surface area contributed by atoms with E-state index in [1.165, 1.54) is 0 Å². The highest BCUT2D eigenvalue weighted by Crippen LogP contribution is 2.40. The Kier molecular flexibility index (Phi) is 10.7. The van der Waals surface area contributed by atoms with Crippen molar-refractivity contribution < 1.29 is 9.59 Å². The third kappa shape index (κ3) is 7.62. The zero-order valence-corrected chi connectivity index (χ0v) is 27.0. The van der Waals surface area contributed by atoms with Crippen LogP contribution in [0.4, 0.5) is 0 Å². The molecule has 0 radical (unpaired) electrons. The molecule has 6 nitrogen and oxygen atoms in total. The van der Waals surface area contributed by atoms with Crippen LogP contribution in [0, 0.1) is 0 Å². The molecule has 0 atom stereocenters. The Hall–Kier alpha value is -1.40.